The summed E-state index contributed by atoms with van der Waals surface area (Å²) in [6.07, 6.45) is 1.33. The SMILES string of the molecule is COC(=O)CCNCC1Cc2cc(Cl)ccc2O1. The molecule has 0 saturated carbocycles. The van der Waals surface area contributed by atoms with Crippen LogP contribution in [0.25, 0.3) is 0 Å². The average Bonchev–Trinajstić information content (AvgIpc) is 2.76. The molecular formula is C13H16ClNO3. The first kappa shape index (κ1) is 13.2. The highest BCUT2D eigenvalue weighted by atomic mass is 35.5. The van der Waals surface area contributed by atoms with Crippen molar-refractivity contribution in [1.82, 2.24) is 5.32 Å². The molecule has 98 valence electrons. The number of esters is 1. The minimum Gasteiger partial charge on any atom is -0.488 e. The predicted octanol–water partition coefficient (Wildman–Crippen LogP) is 1.80. The van der Waals surface area contributed by atoms with E-state index in [0.29, 0.717) is 19.5 Å². The molecule has 1 aromatic rings. The molecule has 1 atom stereocenters. The summed E-state index contributed by atoms with van der Waals surface area (Å²) in [5, 5.41) is 3.92. The van der Waals surface area contributed by atoms with Crippen LogP contribution in [0.5, 0.6) is 5.75 Å². The van der Waals surface area contributed by atoms with Gasteiger partial charge in [-0.3, -0.25) is 4.79 Å². The normalized spacial score (nSPS) is 17.1. The molecule has 1 aromatic carbocycles. The molecule has 1 aliphatic heterocycles. The molecule has 18 heavy (non-hydrogen) atoms. The van der Waals surface area contributed by atoms with Crippen LogP contribution in [0.4, 0.5) is 0 Å². The largest absolute Gasteiger partial charge is 0.488 e. The second-order valence-electron chi connectivity index (χ2n) is 4.23. The number of carbonyl (C=O) groups excluding carboxylic acids is 1. The third-order valence-electron chi connectivity index (χ3n) is 2.87. The average molecular weight is 270 g/mol. The molecule has 0 saturated heterocycles. The van der Waals surface area contributed by atoms with Gasteiger partial charge in [-0.1, -0.05) is 11.6 Å². The Balaban J connectivity index is 1.73. The van der Waals surface area contributed by atoms with E-state index < -0.39 is 0 Å². The lowest BCUT2D eigenvalue weighted by atomic mass is 10.1. The third-order valence-corrected chi connectivity index (χ3v) is 3.10. The quantitative estimate of drug-likeness (QED) is 0.654. The topological polar surface area (TPSA) is 47.6 Å². The molecule has 4 nitrogen and oxygen atoms in total. The molecule has 2 rings (SSSR count). The highest BCUT2D eigenvalue weighted by Crippen LogP contribution is 2.30. The van der Waals surface area contributed by atoms with Crippen molar-refractivity contribution in [3.8, 4) is 5.75 Å². The van der Waals surface area contributed by atoms with Gasteiger partial charge in [-0.05, 0) is 23.8 Å². The van der Waals surface area contributed by atoms with Crippen molar-refractivity contribution in [3.63, 3.8) is 0 Å². The smallest absolute Gasteiger partial charge is 0.306 e. The molecule has 5 heteroatoms. The number of halogens is 1. The first-order valence-corrected chi connectivity index (χ1v) is 6.29. The highest BCUT2D eigenvalue weighted by molar-refractivity contribution is 6.30. The molecule has 1 aliphatic rings. The Morgan fingerprint density at radius 3 is 3.22 bits per heavy atom. The van der Waals surface area contributed by atoms with Crippen molar-refractivity contribution in [1.29, 1.82) is 0 Å². The van der Waals surface area contributed by atoms with Gasteiger partial charge in [0.05, 0.1) is 13.5 Å². The number of rotatable bonds is 5. The highest BCUT2D eigenvalue weighted by Gasteiger charge is 2.22. The van der Waals surface area contributed by atoms with E-state index in [-0.39, 0.29) is 12.1 Å². The zero-order chi connectivity index (χ0) is 13.0. The number of fused-ring (bicyclic) bond motifs is 1. The van der Waals surface area contributed by atoms with Crippen LogP contribution < -0.4 is 10.1 Å². The first-order valence-electron chi connectivity index (χ1n) is 5.91. The standard InChI is InChI=1S/C13H16ClNO3/c1-17-13(16)4-5-15-8-11-7-9-6-10(14)2-3-12(9)18-11/h2-3,6,11,15H,4-5,7-8H2,1H3. The summed E-state index contributed by atoms with van der Waals surface area (Å²) in [5.74, 6) is 0.698. The molecule has 0 aromatic heterocycles. The summed E-state index contributed by atoms with van der Waals surface area (Å²) in [6.45, 7) is 1.31. The van der Waals surface area contributed by atoms with Crippen LogP contribution in [0.2, 0.25) is 5.02 Å². The van der Waals surface area contributed by atoms with E-state index in [0.717, 1.165) is 22.8 Å². The lowest BCUT2D eigenvalue weighted by Crippen LogP contribution is -2.31. The summed E-state index contributed by atoms with van der Waals surface area (Å²) < 4.78 is 10.3. The van der Waals surface area contributed by atoms with Crippen LogP contribution in [0.3, 0.4) is 0 Å². The summed E-state index contributed by atoms with van der Waals surface area (Å²) >= 11 is 5.93. The van der Waals surface area contributed by atoms with E-state index in [1.165, 1.54) is 7.11 Å². The monoisotopic (exact) mass is 269 g/mol. The minimum atomic E-state index is -0.204. The molecule has 1 heterocycles. The summed E-state index contributed by atoms with van der Waals surface area (Å²) in [5.41, 5.74) is 1.14. The van der Waals surface area contributed by atoms with E-state index in [4.69, 9.17) is 16.3 Å². The van der Waals surface area contributed by atoms with Gasteiger partial charge in [0, 0.05) is 24.5 Å². The number of benzene rings is 1. The lowest BCUT2D eigenvalue weighted by molar-refractivity contribution is -0.140. The molecule has 1 N–H and O–H groups in total. The fraction of sp³-hybridized carbons (Fsp3) is 0.462. The second-order valence-corrected chi connectivity index (χ2v) is 4.66. The maximum atomic E-state index is 10.9. The van der Waals surface area contributed by atoms with Crippen LogP contribution >= 0.6 is 11.6 Å². The number of ether oxygens (including phenoxy) is 2. The Morgan fingerprint density at radius 1 is 1.61 bits per heavy atom. The van der Waals surface area contributed by atoms with Crippen LogP contribution in [0.15, 0.2) is 18.2 Å². The number of carbonyl (C=O) groups is 1. The zero-order valence-corrected chi connectivity index (χ0v) is 11.0. The van der Waals surface area contributed by atoms with Gasteiger partial charge in [0.1, 0.15) is 11.9 Å². The van der Waals surface area contributed by atoms with Gasteiger partial charge in [0.15, 0.2) is 0 Å². The van der Waals surface area contributed by atoms with Crippen molar-refractivity contribution < 1.29 is 14.3 Å². The van der Waals surface area contributed by atoms with Crippen molar-refractivity contribution in [2.75, 3.05) is 20.2 Å². The van der Waals surface area contributed by atoms with Crippen molar-refractivity contribution >= 4 is 17.6 Å². The van der Waals surface area contributed by atoms with Crippen molar-refractivity contribution in [2.45, 2.75) is 18.9 Å². The Morgan fingerprint density at radius 2 is 2.44 bits per heavy atom. The lowest BCUT2D eigenvalue weighted by Gasteiger charge is -2.11. The fourth-order valence-electron chi connectivity index (χ4n) is 1.96. The van der Waals surface area contributed by atoms with Gasteiger partial charge in [0.2, 0.25) is 0 Å². The van der Waals surface area contributed by atoms with Gasteiger partial charge in [-0.25, -0.2) is 0 Å². The molecule has 0 amide bonds. The van der Waals surface area contributed by atoms with Crippen molar-refractivity contribution in [3.05, 3.63) is 28.8 Å². The fourth-order valence-corrected chi connectivity index (χ4v) is 2.15. The van der Waals surface area contributed by atoms with Crippen LogP contribution in [0.1, 0.15) is 12.0 Å². The molecule has 0 bridgehead atoms. The maximum Gasteiger partial charge on any atom is 0.306 e. The molecule has 0 aliphatic carbocycles. The van der Waals surface area contributed by atoms with Crippen LogP contribution in [-0.4, -0.2) is 32.3 Å². The van der Waals surface area contributed by atoms with Gasteiger partial charge < -0.3 is 14.8 Å². The van der Waals surface area contributed by atoms with Gasteiger partial charge in [-0.2, -0.15) is 0 Å². The Bertz CT molecular complexity index is 436. The maximum absolute atomic E-state index is 10.9. The molecule has 0 spiro atoms. The minimum absolute atomic E-state index is 0.108. The summed E-state index contributed by atoms with van der Waals surface area (Å²) in [6, 6.07) is 5.66. The van der Waals surface area contributed by atoms with Crippen LogP contribution in [0, 0.1) is 0 Å². The summed E-state index contributed by atoms with van der Waals surface area (Å²) in [7, 11) is 1.39. The molecule has 1 unspecified atom stereocenters. The Labute approximate surface area is 111 Å². The third kappa shape index (κ3) is 3.37. The number of hydrogen-bond donors (Lipinski definition) is 1. The first-order chi connectivity index (χ1) is 8.69. The van der Waals surface area contributed by atoms with E-state index in [1.54, 1.807) is 0 Å². The zero-order valence-electron chi connectivity index (χ0n) is 10.2. The Hall–Kier alpha value is -1.26. The number of nitrogens with one attached hydrogen (secondary N) is 1. The van der Waals surface area contributed by atoms with E-state index >= 15 is 0 Å². The molecular weight excluding hydrogens is 254 g/mol. The van der Waals surface area contributed by atoms with Crippen LogP contribution in [-0.2, 0) is 16.0 Å². The predicted molar refractivity (Wildman–Crippen MR) is 69.1 cm³/mol. The number of methoxy groups -OCH3 is 1. The van der Waals surface area contributed by atoms with Gasteiger partial charge in [0.25, 0.3) is 0 Å². The number of hydrogen-bond acceptors (Lipinski definition) is 4. The van der Waals surface area contributed by atoms with E-state index in [9.17, 15) is 4.79 Å². The van der Waals surface area contributed by atoms with Crippen molar-refractivity contribution in [2.24, 2.45) is 0 Å². The van der Waals surface area contributed by atoms with E-state index in [2.05, 4.69) is 10.1 Å². The van der Waals surface area contributed by atoms with Gasteiger partial charge in [-0.15, -0.1) is 0 Å². The second kappa shape index (κ2) is 6.07. The molecule has 0 radical (unpaired) electrons. The van der Waals surface area contributed by atoms with Gasteiger partial charge >= 0.3 is 5.97 Å². The molecule has 0 fully saturated rings. The van der Waals surface area contributed by atoms with E-state index in [1.807, 2.05) is 18.2 Å². The Kier molecular flexibility index (Phi) is 4.44. The summed E-state index contributed by atoms with van der Waals surface area (Å²) in [4.78, 5) is 10.9.